The van der Waals surface area contributed by atoms with Crippen LogP contribution in [-0.2, 0) is 11.5 Å². The standard InChI is InChI=1S/C12H13ClN4S/c13-10-3-1-9(2-4-10)7-18-8-11-5-16-12(17-14)6-15-11/h1-6H,7-8,14H2,(H,16,17). The Morgan fingerprint density at radius 3 is 2.50 bits per heavy atom. The minimum atomic E-state index is 0.571. The highest BCUT2D eigenvalue weighted by Crippen LogP contribution is 2.18. The van der Waals surface area contributed by atoms with E-state index < -0.39 is 0 Å². The molecule has 0 bridgehead atoms. The monoisotopic (exact) mass is 280 g/mol. The third-order valence-electron chi connectivity index (χ3n) is 2.29. The molecule has 1 aromatic carbocycles. The lowest BCUT2D eigenvalue weighted by molar-refractivity contribution is 1.08. The van der Waals surface area contributed by atoms with Crippen LogP contribution in [0.15, 0.2) is 36.7 Å². The number of benzene rings is 1. The first-order chi connectivity index (χ1) is 8.78. The maximum absolute atomic E-state index is 5.83. The topological polar surface area (TPSA) is 63.8 Å². The quantitative estimate of drug-likeness (QED) is 0.651. The van der Waals surface area contributed by atoms with Gasteiger partial charge in [-0.15, -0.1) is 0 Å². The van der Waals surface area contributed by atoms with E-state index in [1.807, 2.05) is 24.3 Å². The molecule has 0 radical (unpaired) electrons. The summed E-state index contributed by atoms with van der Waals surface area (Å²) in [5, 5.41) is 0.763. The molecule has 0 fully saturated rings. The maximum Gasteiger partial charge on any atom is 0.158 e. The molecule has 4 nitrogen and oxygen atoms in total. The lowest BCUT2D eigenvalue weighted by atomic mass is 10.2. The molecule has 94 valence electrons. The third-order valence-corrected chi connectivity index (χ3v) is 3.57. The van der Waals surface area contributed by atoms with Crippen LogP contribution in [0.5, 0.6) is 0 Å². The van der Waals surface area contributed by atoms with Crippen LogP contribution >= 0.6 is 23.4 Å². The highest BCUT2D eigenvalue weighted by molar-refractivity contribution is 7.97. The predicted molar refractivity (Wildman–Crippen MR) is 76.3 cm³/mol. The molecular weight excluding hydrogens is 268 g/mol. The van der Waals surface area contributed by atoms with Crippen molar-refractivity contribution in [3.8, 4) is 0 Å². The second-order valence-corrected chi connectivity index (χ2v) is 5.08. The first-order valence-corrected chi connectivity index (χ1v) is 6.91. The van der Waals surface area contributed by atoms with Gasteiger partial charge in [0.25, 0.3) is 0 Å². The number of nitrogen functional groups attached to an aromatic ring is 1. The van der Waals surface area contributed by atoms with E-state index in [2.05, 4.69) is 15.4 Å². The van der Waals surface area contributed by atoms with Gasteiger partial charge in [-0.2, -0.15) is 11.8 Å². The Kier molecular flexibility index (Phi) is 4.81. The average molecular weight is 281 g/mol. The highest BCUT2D eigenvalue weighted by atomic mass is 35.5. The van der Waals surface area contributed by atoms with Crippen LogP contribution in [-0.4, -0.2) is 9.97 Å². The molecule has 2 aromatic rings. The van der Waals surface area contributed by atoms with Gasteiger partial charge >= 0.3 is 0 Å². The Bertz CT molecular complexity index is 486. The van der Waals surface area contributed by atoms with Crippen LogP contribution in [0, 0.1) is 0 Å². The van der Waals surface area contributed by atoms with Crippen molar-refractivity contribution < 1.29 is 0 Å². The van der Waals surface area contributed by atoms with Crippen LogP contribution < -0.4 is 11.3 Å². The molecule has 1 aromatic heterocycles. The van der Waals surface area contributed by atoms with Gasteiger partial charge in [0.2, 0.25) is 0 Å². The Balaban J connectivity index is 1.82. The Morgan fingerprint density at radius 1 is 1.11 bits per heavy atom. The van der Waals surface area contributed by atoms with Crippen LogP contribution in [0.4, 0.5) is 5.82 Å². The van der Waals surface area contributed by atoms with Crippen molar-refractivity contribution in [3.63, 3.8) is 0 Å². The normalized spacial score (nSPS) is 10.3. The van der Waals surface area contributed by atoms with Crippen molar-refractivity contribution in [2.45, 2.75) is 11.5 Å². The summed E-state index contributed by atoms with van der Waals surface area (Å²) in [5.41, 5.74) is 4.63. The highest BCUT2D eigenvalue weighted by Gasteiger charge is 1.98. The van der Waals surface area contributed by atoms with E-state index in [4.69, 9.17) is 17.4 Å². The van der Waals surface area contributed by atoms with Crippen LogP contribution in [0.2, 0.25) is 5.02 Å². The van der Waals surface area contributed by atoms with Gasteiger partial charge in [0.15, 0.2) is 5.82 Å². The SMILES string of the molecule is NNc1cnc(CSCc2ccc(Cl)cc2)cn1. The van der Waals surface area contributed by atoms with Crippen molar-refractivity contribution in [3.05, 3.63) is 52.9 Å². The number of aromatic nitrogens is 2. The zero-order valence-electron chi connectivity index (χ0n) is 9.64. The van der Waals surface area contributed by atoms with E-state index in [0.717, 1.165) is 22.2 Å². The molecule has 0 aliphatic carbocycles. The van der Waals surface area contributed by atoms with Crippen molar-refractivity contribution in [1.82, 2.24) is 9.97 Å². The Hall–Kier alpha value is -1.30. The Labute approximate surface area is 115 Å². The summed E-state index contributed by atoms with van der Waals surface area (Å²) in [4.78, 5) is 8.35. The molecule has 0 saturated carbocycles. The third kappa shape index (κ3) is 3.87. The summed E-state index contributed by atoms with van der Waals surface area (Å²) in [6, 6.07) is 7.86. The molecule has 0 aliphatic rings. The first-order valence-electron chi connectivity index (χ1n) is 5.37. The number of thioether (sulfide) groups is 1. The smallest absolute Gasteiger partial charge is 0.158 e. The number of nitrogens with two attached hydrogens (primary N) is 1. The fourth-order valence-electron chi connectivity index (χ4n) is 1.36. The summed E-state index contributed by atoms with van der Waals surface area (Å²) in [6.45, 7) is 0. The molecule has 1 heterocycles. The number of hydrogen-bond donors (Lipinski definition) is 2. The van der Waals surface area contributed by atoms with Crippen molar-refractivity contribution in [2.75, 3.05) is 5.43 Å². The zero-order chi connectivity index (χ0) is 12.8. The van der Waals surface area contributed by atoms with E-state index in [1.54, 1.807) is 24.2 Å². The largest absolute Gasteiger partial charge is 0.307 e. The summed E-state index contributed by atoms with van der Waals surface area (Å²) < 4.78 is 0. The van der Waals surface area contributed by atoms with E-state index in [9.17, 15) is 0 Å². The lowest BCUT2D eigenvalue weighted by Gasteiger charge is -2.03. The van der Waals surface area contributed by atoms with Gasteiger partial charge in [0.1, 0.15) is 0 Å². The van der Waals surface area contributed by atoms with E-state index in [-0.39, 0.29) is 0 Å². The molecule has 18 heavy (non-hydrogen) atoms. The summed E-state index contributed by atoms with van der Waals surface area (Å²) in [7, 11) is 0. The molecule has 2 rings (SSSR count). The van der Waals surface area contributed by atoms with Gasteiger partial charge in [-0.1, -0.05) is 23.7 Å². The van der Waals surface area contributed by atoms with Crippen LogP contribution in [0.1, 0.15) is 11.3 Å². The first kappa shape index (κ1) is 13.1. The summed E-state index contributed by atoms with van der Waals surface area (Å²) in [5.74, 6) is 7.54. The number of hydrazine groups is 1. The minimum Gasteiger partial charge on any atom is -0.307 e. The van der Waals surface area contributed by atoms with E-state index in [1.165, 1.54) is 5.56 Å². The van der Waals surface area contributed by atoms with E-state index in [0.29, 0.717) is 5.82 Å². The minimum absolute atomic E-state index is 0.571. The molecule has 0 aliphatic heterocycles. The number of anilines is 1. The van der Waals surface area contributed by atoms with Gasteiger partial charge in [-0.05, 0) is 17.7 Å². The lowest BCUT2D eigenvalue weighted by Crippen LogP contribution is -2.08. The van der Waals surface area contributed by atoms with Crippen LogP contribution in [0.25, 0.3) is 0 Å². The fourth-order valence-corrected chi connectivity index (χ4v) is 2.37. The second-order valence-electron chi connectivity index (χ2n) is 3.66. The van der Waals surface area contributed by atoms with Gasteiger partial charge in [-0.3, -0.25) is 4.98 Å². The van der Waals surface area contributed by atoms with Gasteiger partial charge in [0.05, 0.1) is 18.1 Å². The van der Waals surface area contributed by atoms with Gasteiger partial charge in [-0.25, -0.2) is 10.8 Å². The zero-order valence-corrected chi connectivity index (χ0v) is 11.2. The number of halogens is 1. The van der Waals surface area contributed by atoms with Crippen molar-refractivity contribution in [2.24, 2.45) is 5.84 Å². The van der Waals surface area contributed by atoms with Gasteiger partial charge < -0.3 is 5.43 Å². The molecular formula is C12H13ClN4S. The number of nitrogens with one attached hydrogen (secondary N) is 1. The molecule has 0 atom stereocenters. The number of rotatable bonds is 5. The molecule has 0 spiro atoms. The second kappa shape index (κ2) is 6.58. The van der Waals surface area contributed by atoms with E-state index >= 15 is 0 Å². The molecule has 0 saturated heterocycles. The van der Waals surface area contributed by atoms with Crippen LogP contribution in [0.3, 0.4) is 0 Å². The fraction of sp³-hybridized carbons (Fsp3) is 0.167. The maximum atomic E-state index is 5.83. The van der Waals surface area contributed by atoms with Crippen molar-refractivity contribution >= 4 is 29.2 Å². The van der Waals surface area contributed by atoms with Crippen molar-refractivity contribution in [1.29, 1.82) is 0 Å². The number of hydrogen-bond acceptors (Lipinski definition) is 5. The Morgan fingerprint density at radius 2 is 1.89 bits per heavy atom. The summed E-state index contributed by atoms with van der Waals surface area (Å²) in [6.07, 6.45) is 3.35. The van der Waals surface area contributed by atoms with Gasteiger partial charge in [0, 0.05) is 16.5 Å². The predicted octanol–water partition coefficient (Wildman–Crippen LogP) is 2.85. The molecule has 6 heteroatoms. The summed E-state index contributed by atoms with van der Waals surface area (Å²) >= 11 is 7.61. The average Bonchev–Trinajstić information content (AvgIpc) is 2.42. The molecule has 0 unspecified atom stereocenters. The molecule has 0 amide bonds. The number of nitrogens with zero attached hydrogens (tertiary/aromatic N) is 2. The molecule has 3 N–H and O–H groups in total.